The lowest BCUT2D eigenvalue weighted by molar-refractivity contribution is -0.142. The van der Waals surface area contributed by atoms with E-state index in [2.05, 4.69) is 4.90 Å². The molecule has 3 atom stereocenters. The second kappa shape index (κ2) is 7.52. The number of carboxylic acids is 1. The Hall–Kier alpha value is -1.95. The number of rotatable bonds is 6. The van der Waals surface area contributed by atoms with Crippen LogP contribution in [0.5, 0.6) is 17.2 Å². The second-order valence-corrected chi connectivity index (χ2v) is 6.87. The quantitative estimate of drug-likeness (QED) is 0.852. The molecule has 0 radical (unpaired) electrons. The Kier molecular flexibility index (Phi) is 5.37. The molecule has 1 aromatic carbocycles. The molecule has 0 amide bonds. The minimum Gasteiger partial charge on any atom is -0.493 e. The van der Waals surface area contributed by atoms with Gasteiger partial charge in [0, 0.05) is 18.2 Å². The van der Waals surface area contributed by atoms with Gasteiger partial charge >= 0.3 is 5.97 Å². The fourth-order valence-electron chi connectivity index (χ4n) is 4.51. The largest absolute Gasteiger partial charge is 0.493 e. The van der Waals surface area contributed by atoms with Crippen LogP contribution in [0.1, 0.15) is 37.7 Å². The molecular weight excluding hydrogens is 322 g/mol. The van der Waals surface area contributed by atoms with Crippen molar-refractivity contribution >= 4 is 5.97 Å². The summed E-state index contributed by atoms with van der Waals surface area (Å²) in [4.78, 5) is 14.0. The van der Waals surface area contributed by atoms with Crippen molar-refractivity contribution in [1.29, 1.82) is 0 Å². The monoisotopic (exact) mass is 349 g/mol. The van der Waals surface area contributed by atoms with Crippen LogP contribution in [0.15, 0.2) is 12.1 Å². The maximum atomic E-state index is 11.8. The van der Waals surface area contributed by atoms with Gasteiger partial charge in [-0.2, -0.15) is 0 Å². The average molecular weight is 349 g/mol. The lowest BCUT2D eigenvalue weighted by atomic mass is 9.84. The van der Waals surface area contributed by atoms with Crippen LogP contribution in [0, 0.1) is 5.92 Å². The smallest absolute Gasteiger partial charge is 0.320 e. The summed E-state index contributed by atoms with van der Waals surface area (Å²) in [5.41, 5.74) is 0.928. The fourth-order valence-corrected chi connectivity index (χ4v) is 4.51. The van der Waals surface area contributed by atoms with Gasteiger partial charge in [0.2, 0.25) is 5.75 Å². The topological polar surface area (TPSA) is 68.2 Å². The molecule has 2 fully saturated rings. The maximum absolute atomic E-state index is 11.8. The van der Waals surface area contributed by atoms with Gasteiger partial charge in [-0.1, -0.05) is 18.9 Å². The van der Waals surface area contributed by atoms with E-state index in [1.807, 2.05) is 12.1 Å². The highest BCUT2D eigenvalue weighted by Gasteiger charge is 2.45. The van der Waals surface area contributed by atoms with Crippen LogP contribution in [-0.4, -0.2) is 49.4 Å². The van der Waals surface area contributed by atoms with Gasteiger partial charge in [0.05, 0.1) is 21.3 Å². The summed E-state index contributed by atoms with van der Waals surface area (Å²) in [6.45, 7) is 0.543. The number of methoxy groups -OCH3 is 3. The zero-order chi connectivity index (χ0) is 18.0. The molecule has 6 nitrogen and oxygen atoms in total. The Morgan fingerprint density at radius 3 is 2.48 bits per heavy atom. The number of fused-ring (bicyclic) bond motifs is 1. The first-order chi connectivity index (χ1) is 12.1. The maximum Gasteiger partial charge on any atom is 0.320 e. The van der Waals surface area contributed by atoms with E-state index >= 15 is 0 Å². The molecule has 1 aromatic rings. The average Bonchev–Trinajstić information content (AvgIpc) is 3.00. The molecule has 3 rings (SSSR count). The second-order valence-electron chi connectivity index (χ2n) is 6.87. The van der Waals surface area contributed by atoms with Crippen LogP contribution < -0.4 is 14.2 Å². The normalized spacial score (nSPS) is 26.1. The number of nitrogens with zero attached hydrogens (tertiary/aromatic N) is 1. The summed E-state index contributed by atoms with van der Waals surface area (Å²) >= 11 is 0. The number of likely N-dealkylation sites (tertiary alicyclic amines) is 1. The minimum atomic E-state index is -0.728. The molecular formula is C19H27NO5. The molecule has 2 aliphatic rings. The van der Waals surface area contributed by atoms with E-state index in [1.165, 1.54) is 12.8 Å². The van der Waals surface area contributed by atoms with Gasteiger partial charge in [0.25, 0.3) is 0 Å². The van der Waals surface area contributed by atoms with E-state index in [9.17, 15) is 9.90 Å². The number of hydrogen-bond acceptors (Lipinski definition) is 5. The first kappa shape index (κ1) is 17.9. The molecule has 1 aliphatic heterocycles. The van der Waals surface area contributed by atoms with Crippen molar-refractivity contribution in [1.82, 2.24) is 4.90 Å². The Morgan fingerprint density at radius 2 is 1.84 bits per heavy atom. The zero-order valence-electron chi connectivity index (χ0n) is 15.2. The number of carboxylic acid groups (broad SMARTS) is 1. The Morgan fingerprint density at radius 1 is 1.12 bits per heavy atom. The lowest BCUT2D eigenvalue weighted by Crippen LogP contribution is -2.41. The van der Waals surface area contributed by atoms with Crippen molar-refractivity contribution in [2.24, 2.45) is 5.92 Å². The van der Waals surface area contributed by atoms with E-state index < -0.39 is 12.0 Å². The number of hydrogen-bond donors (Lipinski definition) is 1. The summed E-state index contributed by atoms with van der Waals surface area (Å²) in [5, 5.41) is 9.70. The van der Waals surface area contributed by atoms with Crippen molar-refractivity contribution < 1.29 is 24.1 Å². The van der Waals surface area contributed by atoms with Gasteiger partial charge in [-0.3, -0.25) is 9.69 Å². The van der Waals surface area contributed by atoms with Gasteiger partial charge in [-0.05, 0) is 31.2 Å². The molecule has 3 unspecified atom stereocenters. The molecule has 138 valence electrons. The van der Waals surface area contributed by atoms with Crippen molar-refractivity contribution in [3.63, 3.8) is 0 Å². The van der Waals surface area contributed by atoms with Crippen LogP contribution >= 0.6 is 0 Å². The lowest BCUT2D eigenvalue weighted by Gasteiger charge is -2.33. The number of carbonyl (C=O) groups is 1. The van der Waals surface area contributed by atoms with Crippen LogP contribution in [0.3, 0.4) is 0 Å². The van der Waals surface area contributed by atoms with Crippen LogP contribution in [0.4, 0.5) is 0 Å². The molecule has 0 bridgehead atoms. The highest BCUT2D eigenvalue weighted by atomic mass is 16.5. The Bertz CT molecular complexity index is 632. The van der Waals surface area contributed by atoms with Crippen LogP contribution in [0.2, 0.25) is 0 Å². The summed E-state index contributed by atoms with van der Waals surface area (Å²) in [5.74, 6) is 1.53. The van der Waals surface area contributed by atoms with Crippen molar-refractivity contribution in [2.45, 2.75) is 50.7 Å². The first-order valence-electron chi connectivity index (χ1n) is 8.87. The van der Waals surface area contributed by atoms with Crippen molar-refractivity contribution in [2.75, 3.05) is 21.3 Å². The number of ether oxygens (including phenoxy) is 3. The van der Waals surface area contributed by atoms with Gasteiger partial charge in [0.15, 0.2) is 11.5 Å². The van der Waals surface area contributed by atoms with Gasteiger partial charge in [-0.15, -0.1) is 0 Å². The first-order valence-corrected chi connectivity index (χ1v) is 8.87. The Balaban J connectivity index is 1.93. The minimum absolute atomic E-state index is 0.340. The Labute approximate surface area is 148 Å². The molecule has 0 aromatic heterocycles. The third-order valence-electron chi connectivity index (χ3n) is 5.64. The van der Waals surface area contributed by atoms with E-state index in [0.717, 1.165) is 24.8 Å². The third kappa shape index (κ3) is 3.27. The molecule has 25 heavy (non-hydrogen) atoms. The predicted octanol–water partition coefficient (Wildman–Crippen LogP) is 2.93. The zero-order valence-corrected chi connectivity index (χ0v) is 15.2. The van der Waals surface area contributed by atoms with Gasteiger partial charge in [0.1, 0.15) is 6.04 Å². The van der Waals surface area contributed by atoms with Crippen LogP contribution in [0.25, 0.3) is 0 Å². The molecule has 1 N–H and O–H groups in total. The highest BCUT2D eigenvalue weighted by Crippen LogP contribution is 2.44. The summed E-state index contributed by atoms with van der Waals surface area (Å²) in [7, 11) is 4.77. The predicted molar refractivity (Wildman–Crippen MR) is 93.4 cm³/mol. The SMILES string of the molecule is COc1ccc(CN2C(C(=O)O)CC3CCCCC32)c(OC)c1OC. The summed E-state index contributed by atoms with van der Waals surface area (Å²) < 4.78 is 16.4. The van der Waals surface area contributed by atoms with E-state index in [4.69, 9.17) is 14.2 Å². The molecule has 1 aliphatic carbocycles. The molecule has 0 spiro atoms. The summed E-state index contributed by atoms with van der Waals surface area (Å²) in [6.07, 6.45) is 5.34. The van der Waals surface area contributed by atoms with E-state index in [0.29, 0.717) is 35.8 Å². The standard InChI is InChI=1S/C19H27NO5/c1-23-16-9-8-13(17(24-2)18(16)25-3)11-20-14-7-5-4-6-12(14)10-15(20)19(21)22/h8-9,12,14-15H,4-7,10-11H2,1-3H3,(H,21,22). The number of benzene rings is 1. The van der Waals surface area contributed by atoms with E-state index in [-0.39, 0.29) is 0 Å². The summed E-state index contributed by atoms with van der Waals surface area (Å²) in [6, 6.07) is 3.70. The van der Waals surface area contributed by atoms with Crippen molar-refractivity contribution in [3.05, 3.63) is 17.7 Å². The van der Waals surface area contributed by atoms with Crippen LogP contribution in [-0.2, 0) is 11.3 Å². The van der Waals surface area contributed by atoms with Gasteiger partial charge < -0.3 is 19.3 Å². The highest BCUT2D eigenvalue weighted by molar-refractivity contribution is 5.74. The molecule has 1 saturated carbocycles. The molecule has 1 heterocycles. The fraction of sp³-hybridized carbons (Fsp3) is 0.632. The van der Waals surface area contributed by atoms with Crippen molar-refractivity contribution in [3.8, 4) is 17.2 Å². The third-order valence-corrected chi connectivity index (χ3v) is 5.64. The molecule has 6 heteroatoms. The van der Waals surface area contributed by atoms with Gasteiger partial charge in [-0.25, -0.2) is 0 Å². The molecule has 1 saturated heterocycles. The van der Waals surface area contributed by atoms with E-state index in [1.54, 1.807) is 21.3 Å². The number of aliphatic carboxylic acids is 1.